The Morgan fingerprint density at radius 3 is 2.62 bits per heavy atom. The molecular weight excluding hydrogens is 416 g/mol. The Morgan fingerprint density at radius 2 is 2.00 bits per heavy atom. The average Bonchev–Trinajstić information content (AvgIpc) is 3.03. The van der Waals surface area contributed by atoms with E-state index in [2.05, 4.69) is 10.6 Å². The summed E-state index contributed by atoms with van der Waals surface area (Å²) in [4.78, 5) is 35.3. The molecular formula is C20H19ClN2O5S. The number of halogens is 1. The Labute approximate surface area is 176 Å². The van der Waals surface area contributed by atoms with Crippen molar-refractivity contribution in [3.8, 4) is 5.75 Å². The van der Waals surface area contributed by atoms with Gasteiger partial charge in [-0.1, -0.05) is 47.6 Å². The van der Waals surface area contributed by atoms with E-state index in [-0.39, 0.29) is 23.3 Å². The van der Waals surface area contributed by atoms with Crippen LogP contribution < -0.4 is 15.4 Å². The van der Waals surface area contributed by atoms with E-state index >= 15 is 0 Å². The van der Waals surface area contributed by atoms with Crippen molar-refractivity contribution in [2.75, 3.05) is 13.7 Å². The van der Waals surface area contributed by atoms with Gasteiger partial charge in [0.1, 0.15) is 5.75 Å². The number of carbonyl (C=O) groups excluding carboxylic acids is 3. The van der Waals surface area contributed by atoms with Gasteiger partial charge in [0.15, 0.2) is 0 Å². The molecule has 3 N–H and O–H groups in total. The quantitative estimate of drug-likeness (QED) is 0.619. The molecule has 7 nitrogen and oxygen atoms in total. The highest BCUT2D eigenvalue weighted by atomic mass is 35.5. The summed E-state index contributed by atoms with van der Waals surface area (Å²) in [6.07, 6.45) is -0.492. The lowest BCUT2D eigenvalue weighted by Crippen LogP contribution is -2.28. The van der Waals surface area contributed by atoms with Crippen LogP contribution in [0.15, 0.2) is 42.5 Å². The Kier molecular flexibility index (Phi) is 6.79. The molecule has 1 heterocycles. The molecule has 1 aliphatic heterocycles. The lowest BCUT2D eigenvalue weighted by Gasteiger charge is -2.14. The standard InChI is InChI=1S/C20H19ClN2O5S/c1-28-16-7-6-13(21)9-14(16)18(25)22-10-15(24)12-4-2-11(3-5-12)8-17-19(26)23-20(27)29-17/h2-7,9,15,17,24H,8,10H2,1H3,(H,22,25)(H,23,26,27)/t15?,17-/m0/s1. The van der Waals surface area contributed by atoms with Crippen molar-refractivity contribution < 1.29 is 24.2 Å². The van der Waals surface area contributed by atoms with Crippen molar-refractivity contribution in [2.45, 2.75) is 17.8 Å². The number of benzene rings is 2. The maximum absolute atomic E-state index is 12.4. The van der Waals surface area contributed by atoms with E-state index < -0.39 is 17.3 Å². The van der Waals surface area contributed by atoms with Crippen LogP contribution in [-0.4, -0.2) is 41.1 Å². The van der Waals surface area contributed by atoms with Gasteiger partial charge in [-0.2, -0.15) is 0 Å². The summed E-state index contributed by atoms with van der Waals surface area (Å²) in [5.74, 6) is -0.310. The second kappa shape index (κ2) is 9.30. The number of rotatable bonds is 7. The third-order valence-electron chi connectivity index (χ3n) is 4.41. The third-order valence-corrected chi connectivity index (χ3v) is 5.63. The molecule has 2 aromatic carbocycles. The molecule has 1 unspecified atom stereocenters. The van der Waals surface area contributed by atoms with Crippen molar-refractivity contribution in [1.82, 2.24) is 10.6 Å². The van der Waals surface area contributed by atoms with Crippen LogP contribution in [-0.2, 0) is 11.2 Å². The molecule has 0 saturated carbocycles. The van der Waals surface area contributed by atoms with Crippen LogP contribution in [0.25, 0.3) is 0 Å². The zero-order chi connectivity index (χ0) is 21.0. The van der Waals surface area contributed by atoms with E-state index in [1.165, 1.54) is 13.2 Å². The first kappa shape index (κ1) is 21.2. The molecule has 3 amide bonds. The summed E-state index contributed by atoms with van der Waals surface area (Å²) in [5, 5.41) is 14.9. The first-order chi connectivity index (χ1) is 13.9. The van der Waals surface area contributed by atoms with Crippen LogP contribution in [0.5, 0.6) is 5.75 Å². The van der Waals surface area contributed by atoms with Gasteiger partial charge in [0.25, 0.3) is 11.1 Å². The Balaban J connectivity index is 1.57. The minimum absolute atomic E-state index is 0.00321. The van der Waals surface area contributed by atoms with Crippen LogP contribution in [0, 0.1) is 0 Å². The summed E-state index contributed by atoms with van der Waals surface area (Å²) in [6, 6.07) is 11.8. The summed E-state index contributed by atoms with van der Waals surface area (Å²) in [6.45, 7) is 0.00321. The largest absolute Gasteiger partial charge is 0.496 e. The molecule has 2 atom stereocenters. The van der Waals surface area contributed by atoms with Crippen LogP contribution in [0.2, 0.25) is 5.02 Å². The van der Waals surface area contributed by atoms with Crippen molar-refractivity contribution >= 4 is 40.4 Å². The minimum Gasteiger partial charge on any atom is -0.496 e. The topological polar surface area (TPSA) is 105 Å². The van der Waals surface area contributed by atoms with Gasteiger partial charge in [-0.25, -0.2) is 0 Å². The summed E-state index contributed by atoms with van der Waals surface area (Å²) in [7, 11) is 1.46. The van der Waals surface area contributed by atoms with Crippen molar-refractivity contribution in [1.29, 1.82) is 0 Å². The summed E-state index contributed by atoms with van der Waals surface area (Å²) in [5.41, 5.74) is 1.77. The molecule has 29 heavy (non-hydrogen) atoms. The highest BCUT2D eigenvalue weighted by Gasteiger charge is 2.31. The van der Waals surface area contributed by atoms with Crippen LogP contribution >= 0.6 is 23.4 Å². The van der Waals surface area contributed by atoms with Crippen molar-refractivity contribution in [3.05, 3.63) is 64.2 Å². The second-order valence-electron chi connectivity index (χ2n) is 6.40. The number of nitrogens with one attached hydrogen (secondary N) is 2. The number of hydrogen-bond acceptors (Lipinski definition) is 6. The number of aliphatic hydroxyl groups is 1. The third kappa shape index (κ3) is 5.29. The molecule has 0 spiro atoms. The van der Waals surface area contributed by atoms with Gasteiger partial charge in [-0.05, 0) is 35.7 Å². The van der Waals surface area contributed by atoms with E-state index in [0.717, 1.165) is 17.3 Å². The van der Waals surface area contributed by atoms with E-state index in [1.807, 2.05) is 0 Å². The molecule has 0 radical (unpaired) electrons. The molecule has 1 saturated heterocycles. The Bertz CT molecular complexity index is 935. The molecule has 0 aromatic heterocycles. The first-order valence-corrected chi connectivity index (χ1v) is 10.0. The minimum atomic E-state index is -0.913. The molecule has 1 aliphatic rings. The van der Waals surface area contributed by atoms with E-state index in [4.69, 9.17) is 16.3 Å². The smallest absolute Gasteiger partial charge is 0.286 e. The Morgan fingerprint density at radius 1 is 1.28 bits per heavy atom. The number of thioether (sulfide) groups is 1. The van der Waals surface area contributed by atoms with E-state index in [9.17, 15) is 19.5 Å². The lowest BCUT2D eigenvalue weighted by molar-refractivity contribution is -0.118. The fourth-order valence-electron chi connectivity index (χ4n) is 2.88. The van der Waals surface area contributed by atoms with Crippen LogP contribution in [0.1, 0.15) is 27.6 Å². The maximum Gasteiger partial charge on any atom is 0.286 e. The number of carbonyl (C=O) groups is 3. The first-order valence-electron chi connectivity index (χ1n) is 8.77. The van der Waals surface area contributed by atoms with Gasteiger partial charge in [0, 0.05) is 11.6 Å². The monoisotopic (exact) mass is 434 g/mol. The summed E-state index contributed by atoms with van der Waals surface area (Å²) >= 11 is 6.92. The van der Waals surface area contributed by atoms with Gasteiger partial charge >= 0.3 is 0 Å². The second-order valence-corrected chi connectivity index (χ2v) is 8.01. The lowest BCUT2D eigenvalue weighted by atomic mass is 10.0. The SMILES string of the molecule is COc1ccc(Cl)cc1C(=O)NCC(O)c1ccc(C[C@@H]2SC(=O)NC2=O)cc1. The van der Waals surface area contributed by atoms with Crippen LogP contribution in [0.4, 0.5) is 4.79 Å². The number of aliphatic hydroxyl groups excluding tert-OH is 1. The molecule has 0 aliphatic carbocycles. The fourth-order valence-corrected chi connectivity index (χ4v) is 3.91. The molecule has 1 fully saturated rings. The molecule has 9 heteroatoms. The van der Waals surface area contributed by atoms with E-state index in [1.54, 1.807) is 36.4 Å². The van der Waals surface area contributed by atoms with E-state index in [0.29, 0.717) is 22.8 Å². The predicted molar refractivity (Wildman–Crippen MR) is 110 cm³/mol. The number of imide groups is 1. The van der Waals surface area contributed by atoms with Crippen molar-refractivity contribution in [3.63, 3.8) is 0 Å². The zero-order valence-electron chi connectivity index (χ0n) is 15.5. The number of methoxy groups -OCH3 is 1. The highest BCUT2D eigenvalue weighted by Crippen LogP contribution is 2.24. The van der Waals surface area contributed by atoms with Gasteiger partial charge < -0.3 is 15.2 Å². The highest BCUT2D eigenvalue weighted by molar-refractivity contribution is 8.15. The maximum atomic E-state index is 12.4. The van der Waals surface area contributed by atoms with Crippen molar-refractivity contribution in [2.24, 2.45) is 0 Å². The zero-order valence-corrected chi connectivity index (χ0v) is 17.0. The Hall–Kier alpha value is -2.55. The number of ether oxygens (including phenoxy) is 1. The van der Waals surface area contributed by atoms with Gasteiger partial charge in [-0.15, -0.1) is 0 Å². The normalized spacial score (nSPS) is 17.0. The van der Waals surface area contributed by atoms with Gasteiger partial charge in [0.2, 0.25) is 5.91 Å². The number of hydrogen-bond donors (Lipinski definition) is 3. The van der Waals surface area contributed by atoms with Gasteiger partial charge in [-0.3, -0.25) is 19.7 Å². The van der Waals surface area contributed by atoms with Crippen LogP contribution in [0.3, 0.4) is 0 Å². The average molecular weight is 435 g/mol. The van der Waals surface area contributed by atoms with Gasteiger partial charge in [0.05, 0.1) is 24.0 Å². The molecule has 2 aromatic rings. The fraction of sp³-hybridized carbons (Fsp3) is 0.250. The summed E-state index contributed by atoms with van der Waals surface area (Å²) < 4.78 is 5.16. The number of amides is 3. The molecule has 152 valence electrons. The predicted octanol–water partition coefficient (Wildman–Crippen LogP) is 2.71. The molecule has 3 rings (SSSR count). The molecule has 0 bridgehead atoms.